The highest BCUT2D eigenvalue weighted by atomic mass is 16.2. The zero-order chi connectivity index (χ0) is 19.4. The van der Waals surface area contributed by atoms with Crippen LogP contribution >= 0.6 is 0 Å². The zero-order valence-electron chi connectivity index (χ0n) is 16.5. The number of aromatic nitrogens is 3. The number of carbonyl (C=O) groups is 1. The third kappa shape index (κ3) is 2.46. The second-order valence-electron chi connectivity index (χ2n) is 7.87. The molecule has 1 unspecified atom stereocenters. The van der Waals surface area contributed by atoms with Crippen LogP contribution in [0.5, 0.6) is 0 Å². The van der Waals surface area contributed by atoms with Crippen molar-refractivity contribution in [3.05, 3.63) is 64.6 Å². The molecule has 0 aliphatic carbocycles. The van der Waals surface area contributed by atoms with E-state index in [0.29, 0.717) is 5.69 Å². The SMILES string of the molecule is Cc1ccc(C)c2c(C)c(C(=O)N3CCCC3c3nc4ccccc4[nH]3)[nH]c12. The average molecular weight is 372 g/mol. The van der Waals surface area contributed by atoms with Crippen molar-refractivity contribution in [3.63, 3.8) is 0 Å². The minimum atomic E-state index is -0.00657. The molecule has 28 heavy (non-hydrogen) atoms. The van der Waals surface area contributed by atoms with Crippen molar-refractivity contribution in [1.82, 2.24) is 19.9 Å². The first-order valence-corrected chi connectivity index (χ1v) is 9.88. The lowest BCUT2D eigenvalue weighted by atomic mass is 10.0. The van der Waals surface area contributed by atoms with Crippen LogP contribution in [0, 0.1) is 20.8 Å². The number of likely N-dealkylation sites (tertiary alicyclic amines) is 1. The fraction of sp³-hybridized carbons (Fsp3) is 0.304. The number of fused-ring (bicyclic) bond motifs is 2. The average Bonchev–Trinajstić information content (AvgIpc) is 3.40. The summed E-state index contributed by atoms with van der Waals surface area (Å²) in [6, 6.07) is 12.2. The third-order valence-corrected chi connectivity index (χ3v) is 6.07. The maximum Gasteiger partial charge on any atom is 0.271 e. The lowest BCUT2D eigenvalue weighted by Gasteiger charge is -2.23. The van der Waals surface area contributed by atoms with Gasteiger partial charge in [-0.3, -0.25) is 4.79 Å². The number of aromatic amines is 2. The molecule has 1 amide bonds. The number of carbonyl (C=O) groups excluding carboxylic acids is 1. The molecule has 2 aromatic carbocycles. The number of imidazole rings is 1. The molecule has 1 fully saturated rings. The monoisotopic (exact) mass is 372 g/mol. The summed E-state index contributed by atoms with van der Waals surface area (Å²) in [6.07, 6.45) is 1.92. The van der Waals surface area contributed by atoms with Crippen LogP contribution in [-0.2, 0) is 0 Å². The molecule has 2 aromatic heterocycles. The van der Waals surface area contributed by atoms with Gasteiger partial charge in [0, 0.05) is 17.4 Å². The minimum Gasteiger partial charge on any atom is -0.350 e. The molecule has 142 valence electrons. The number of hydrogen-bond donors (Lipinski definition) is 2. The number of hydrogen-bond acceptors (Lipinski definition) is 2. The molecule has 1 atom stereocenters. The molecule has 5 nitrogen and oxygen atoms in total. The molecule has 2 N–H and O–H groups in total. The number of H-pyrrole nitrogens is 2. The van der Waals surface area contributed by atoms with Gasteiger partial charge in [0.25, 0.3) is 5.91 Å². The van der Waals surface area contributed by atoms with Gasteiger partial charge in [-0.2, -0.15) is 0 Å². The number of amides is 1. The highest BCUT2D eigenvalue weighted by molar-refractivity contribution is 6.02. The topological polar surface area (TPSA) is 64.8 Å². The molecule has 5 rings (SSSR count). The van der Waals surface area contributed by atoms with Crippen LogP contribution in [0.25, 0.3) is 21.9 Å². The molecule has 0 bridgehead atoms. The van der Waals surface area contributed by atoms with Crippen LogP contribution < -0.4 is 0 Å². The Morgan fingerprint density at radius 3 is 2.64 bits per heavy atom. The molecule has 5 heteroatoms. The largest absolute Gasteiger partial charge is 0.350 e. The second-order valence-corrected chi connectivity index (χ2v) is 7.87. The van der Waals surface area contributed by atoms with Crippen LogP contribution in [0.2, 0.25) is 0 Å². The molecule has 0 saturated carbocycles. The van der Waals surface area contributed by atoms with Crippen molar-refractivity contribution >= 4 is 27.8 Å². The van der Waals surface area contributed by atoms with Crippen molar-refractivity contribution in [2.75, 3.05) is 6.54 Å². The van der Waals surface area contributed by atoms with E-state index in [2.05, 4.69) is 35.9 Å². The molecule has 0 spiro atoms. The van der Waals surface area contributed by atoms with Crippen LogP contribution in [-0.4, -0.2) is 32.3 Å². The summed E-state index contributed by atoms with van der Waals surface area (Å²) in [4.78, 5) is 27.1. The van der Waals surface area contributed by atoms with Gasteiger partial charge in [-0.15, -0.1) is 0 Å². The number of rotatable bonds is 2. The van der Waals surface area contributed by atoms with Crippen molar-refractivity contribution in [2.45, 2.75) is 39.7 Å². The fourth-order valence-electron chi connectivity index (χ4n) is 4.58. The second kappa shape index (κ2) is 6.23. The van der Waals surface area contributed by atoms with Crippen molar-refractivity contribution in [3.8, 4) is 0 Å². The Labute approximate surface area is 163 Å². The van der Waals surface area contributed by atoms with E-state index in [1.165, 1.54) is 10.9 Å². The van der Waals surface area contributed by atoms with Gasteiger partial charge in [-0.05, 0) is 62.4 Å². The van der Waals surface area contributed by atoms with Gasteiger partial charge in [-0.1, -0.05) is 24.3 Å². The van der Waals surface area contributed by atoms with E-state index in [1.54, 1.807) is 0 Å². The number of benzene rings is 2. The normalized spacial score (nSPS) is 17.1. The fourth-order valence-corrected chi connectivity index (χ4v) is 4.58. The summed E-state index contributed by atoms with van der Waals surface area (Å²) < 4.78 is 0. The van der Waals surface area contributed by atoms with Crippen LogP contribution in [0.15, 0.2) is 36.4 Å². The van der Waals surface area contributed by atoms with Gasteiger partial charge >= 0.3 is 0 Å². The Hall–Kier alpha value is -3.08. The maximum absolute atomic E-state index is 13.5. The smallest absolute Gasteiger partial charge is 0.271 e. The molecular formula is C23H24N4O. The first-order chi connectivity index (χ1) is 13.5. The summed E-state index contributed by atoms with van der Waals surface area (Å²) >= 11 is 0. The van der Waals surface area contributed by atoms with E-state index < -0.39 is 0 Å². The lowest BCUT2D eigenvalue weighted by Crippen LogP contribution is -2.31. The lowest BCUT2D eigenvalue weighted by molar-refractivity contribution is 0.0725. The van der Waals surface area contributed by atoms with Gasteiger partial charge in [-0.25, -0.2) is 4.98 Å². The van der Waals surface area contributed by atoms with E-state index in [-0.39, 0.29) is 11.9 Å². The van der Waals surface area contributed by atoms with E-state index in [1.807, 2.05) is 36.1 Å². The van der Waals surface area contributed by atoms with Gasteiger partial charge in [0.2, 0.25) is 0 Å². The quantitative estimate of drug-likeness (QED) is 0.523. The summed E-state index contributed by atoms with van der Waals surface area (Å²) in [5.74, 6) is 0.948. The molecular weight excluding hydrogens is 348 g/mol. The molecule has 0 radical (unpaired) electrons. The Morgan fingerprint density at radius 2 is 1.86 bits per heavy atom. The van der Waals surface area contributed by atoms with Crippen LogP contribution in [0.1, 0.15) is 51.9 Å². The summed E-state index contributed by atoms with van der Waals surface area (Å²) in [6.45, 7) is 6.99. The van der Waals surface area contributed by atoms with E-state index in [0.717, 1.165) is 52.9 Å². The number of para-hydroxylation sites is 2. The number of nitrogens with one attached hydrogen (secondary N) is 2. The summed E-state index contributed by atoms with van der Waals surface area (Å²) in [7, 11) is 0. The highest BCUT2D eigenvalue weighted by Gasteiger charge is 2.34. The number of aryl methyl sites for hydroxylation is 3. The van der Waals surface area contributed by atoms with Gasteiger partial charge in [0.05, 0.1) is 17.1 Å². The predicted molar refractivity (Wildman–Crippen MR) is 112 cm³/mol. The third-order valence-electron chi connectivity index (χ3n) is 6.07. The van der Waals surface area contributed by atoms with E-state index >= 15 is 0 Å². The van der Waals surface area contributed by atoms with Crippen LogP contribution in [0.4, 0.5) is 0 Å². The standard InChI is InChI=1S/C23H24N4O/c1-13-10-11-14(2)20-19(13)15(3)21(26-20)23(28)27-12-6-9-18(27)22-24-16-7-4-5-8-17(16)25-22/h4-5,7-8,10-11,18,26H,6,9,12H2,1-3H3,(H,24,25). The Balaban J connectivity index is 1.56. The first-order valence-electron chi connectivity index (χ1n) is 9.88. The molecule has 4 aromatic rings. The van der Waals surface area contributed by atoms with E-state index in [9.17, 15) is 4.79 Å². The Bertz CT molecular complexity index is 1180. The van der Waals surface area contributed by atoms with Crippen molar-refractivity contribution < 1.29 is 4.79 Å². The van der Waals surface area contributed by atoms with Crippen molar-refractivity contribution in [1.29, 1.82) is 0 Å². The predicted octanol–water partition coefficient (Wildman–Crippen LogP) is 4.95. The van der Waals surface area contributed by atoms with Crippen molar-refractivity contribution in [2.24, 2.45) is 0 Å². The van der Waals surface area contributed by atoms with Crippen LogP contribution in [0.3, 0.4) is 0 Å². The molecule has 1 aliphatic rings. The van der Waals surface area contributed by atoms with E-state index in [4.69, 9.17) is 4.98 Å². The van der Waals surface area contributed by atoms with Gasteiger partial charge in [0.15, 0.2) is 0 Å². The minimum absolute atomic E-state index is 0.00657. The summed E-state index contributed by atoms with van der Waals surface area (Å²) in [5, 5.41) is 1.17. The van der Waals surface area contributed by atoms with Gasteiger partial charge in [0.1, 0.15) is 11.5 Å². The maximum atomic E-state index is 13.5. The molecule has 1 saturated heterocycles. The molecule has 1 aliphatic heterocycles. The Kier molecular flexibility index (Phi) is 3.79. The first kappa shape index (κ1) is 17.0. The highest BCUT2D eigenvalue weighted by Crippen LogP contribution is 2.35. The zero-order valence-corrected chi connectivity index (χ0v) is 16.5. The number of nitrogens with zero attached hydrogens (tertiary/aromatic N) is 2. The van der Waals surface area contributed by atoms with Gasteiger partial charge < -0.3 is 14.9 Å². The summed E-state index contributed by atoms with van der Waals surface area (Å²) in [5.41, 5.74) is 7.14. The molecule has 3 heterocycles. The Morgan fingerprint density at radius 1 is 1.07 bits per heavy atom.